The van der Waals surface area contributed by atoms with Gasteiger partial charge >= 0.3 is 6.03 Å². The molecule has 0 aliphatic rings. The summed E-state index contributed by atoms with van der Waals surface area (Å²) in [5, 5.41) is 15.4. The lowest BCUT2D eigenvalue weighted by atomic mass is 10.0. The summed E-state index contributed by atoms with van der Waals surface area (Å²) in [7, 11) is -0.993. The van der Waals surface area contributed by atoms with Gasteiger partial charge in [-0.1, -0.05) is 29.3 Å². The molecule has 0 bridgehead atoms. The van der Waals surface area contributed by atoms with E-state index in [4.69, 9.17) is 0 Å². The molecule has 0 aliphatic carbocycles. The fourth-order valence-corrected chi connectivity index (χ4v) is 3.04. The van der Waals surface area contributed by atoms with Gasteiger partial charge in [0.25, 0.3) is 0 Å². The fourth-order valence-electron chi connectivity index (χ4n) is 2.14. The molecule has 0 aliphatic heterocycles. The Bertz CT molecular complexity index is 547. The first-order chi connectivity index (χ1) is 10.6. The first-order valence-corrected chi connectivity index (χ1v) is 9.08. The molecule has 1 aromatic carbocycles. The average molecular weight is 340 g/mol. The molecule has 1 aromatic rings. The summed E-state index contributed by atoms with van der Waals surface area (Å²) in [6, 6.07) is 5.48. The first kappa shape index (κ1) is 19.6. The molecule has 0 fully saturated rings. The van der Waals surface area contributed by atoms with E-state index in [9.17, 15) is 14.1 Å². The molecule has 0 heterocycles. The van der Waals surface area contributed by atoms with Gasteiger partial charge in [0.05, 0.1) is 6.10 Å². The van der Waals surface area contributed by atoms with E-state index in [1.54, 1.807) is 0 Å². The Balaban J connectivity index is 2.37. The minimum Gasteiger partial charge on any atom is -0.387 e. The molecule has 130 valence electrons. The summed E-state index contributed by atoms with van der Waals surface area (Å²) in [5.74, 6) is 0.413. The van der Waals surface area contributed by atoms with Crippen LogP contribution in [0.1, 0.15) is 43.6 Å². The van der Waals surface area contributed by atoms with E-state index in [0.717, 1.165) is 16.7 Å². The number of urea groups is 1. The first-order valence-electron chi connectivity index (χ1n) is 7.76. The molecule has 23 heavy (non-hydrogen) atoms. The molecule has 0 unspecified atom stereocenters. The maximum Gasteiger partial charge on any atom is 0.314 e. The number of rotatable bonds is 6. The van der Waals surface area contributed by atoms with Gasteiger partial charge in [-0.15, -0.1) is 0 Å². The van der Waals surface area contributed by atoms with Crippen LogP contribution < -0.4 is 10.6 Å². The maximum absolute atomic E-state index is 11.9. The Morgan fingerprint density at radius 3 is 2.26 bits per heavy atom. The van der Waals surface area contributed by atoms with Gasteiger partial charge < -0.3 is 15.7 Å². The number of nitrogens with one attached hydrogen (secondary N) is 2. The van der Waals surface area contributed by atoms with Crippen molar-refractivity contribution in [2.45, 2.75) is 45.5 Å². The number of amides is 2. The van der Waals surface area contributed by atoms with Gasteiger partial charge in [0.2, 0.25) is 0 Å². The van der Waals surface area contributed by atoms with Gasteiger partial charge in [-0.3, -0.25) is 4.21 Å². The third-order valence-corrected chi connectivity index (χ3v) is 5.28. The zero-order chi connectivity index (χ0) is 17.6. The van der Waals surface area contributed by atoms with Gasteiger partial charge in [-0.05, 0) is 40.2 Å². The van der Waals surface area contributed by atoms with Crippen LogP contribution in [0.15, 0.2) is 18.2 Å². The number of aliphatic hydroxyl groups excluding tert-OH is 1. The second kappa shape index (κ2) is 8.45. The lowest BCUT2D eigenvalue weighted by molar-refractivity contribution is 0.173. The number of carbonyl (C=O) groups is 1. The maximum atomic E-state index is 11.9. The molecule has 2 atom stereocenters. The van der Waals surface area contributed by atoms with E-state index in [2.05, 4.69) is 10.6 Å². The van der Waals surface area contributed by atoms with Crippen molar-refractivity contribution in [2.75, 3.05) is 18.8 Å². The van der Waals surface area contributed by atoms with Gasteiger partial charge in [-0.2, -0.15) is 0 Å². The average Bonchev–Trinajstić information content (AvgIpc) is 2.42. The summed E-state index contributed by atoms with van der Waals surface area (Å²) in [5.41, 5.74) is 2.94. The molecule has 0 aromatic heterocycles. The van der Waals surface area contributed by atoms with Crippen LogP contribution in [-0.2, 0) is 10.8 Å². The van der Waals surface area contributed by atoms with Crippen molar-refractivity contribution in [1.82, 2.24) is 10.6 Å². The smallest absolute Gasteiger partial charge is 0.314 e. The van der Waals surface area contributed by atoms with Crippen molar-refractivity contribution in [1.29, 1.82) is 0 Å². The third-order valence-electron chi connectivity index (χ3n) is 3.34. The Hall–Kier alpha value is -1.40. The van der Waals surface area contributed by atoms with Crippen LogP contribution >= 0.6 is 0 Å². The van der Waals surface area contributed by atoms with Crippen LogP contribution in [-0.4, -0.2) is 38.9 Å². The van der Waals surface area contributed by atoms with E-state index in [1.165, 1.54) is 0 Å². The molecular weight excluding hydrogens is 312 g/mol. The van der Waals surface area contributed by atoms with Gasteiger partial charge in [-0.25, -0.2) is 4.79 Å². The molecule has 0 saturated carbocycles. The second-order valence-electron chi connectivity index (χ2n) is 6.74. The highest BCUT2D eigenvalue weighted by atomic mass is 32.2. The van der Waals surface area contributed by atoms with Crippen molar-refractivity contribution in [3.63, 3.8) is 0 Å². The van der Waals surface area contributed by atoms with Crippen molar-refractivity contribution in [3.8, 4) is 0 Å². The van der Waals surface area contributed by atoms with Crippen LogP contribution in [0.2, 0.25) is 0 Å². The number of carbonyl (C=O) groups excluding carboxylic acids is 1. The number of benzene rings is 1. The summed E-state index contributed by atoms with van der Waals surface area (Å²) >= 11 is 0. The molecule has 0 saturated heterocycles. The standard InChI is InChI=1S/C17H28N2O3S/c1-12-8-13(2)10-14(9-12)15(20)11-19-16(21)18-6-7-23(22)17(3,4)5/h8-10,15,20H,6-7,11H2,1-5H3,(H2,18,19,21)/t15-,23-/m0/s1. The molecule has 6 heteroatoms. The SMILES string of the molecule is Cc1cc(C)cc([C@@H](O)CNC(=O)NCC[S@](=O)C(C)(C)C)c1. The predicted octanol–water partition coefficient (Wildman–Crippen LogP) is 2.18. The van der Waals surface area contributed by atoms with Crippen molar-refractivity contribution < 1.29 is 14.1 Å². The van der Waals surface area contributed by atoms with Gasteiger partial charge in [0.1, 0.15) is 0 Å². The number of aliphatic hydroxyl groups is 1. The molecule has 0 radical (unpaired) electrons. The number of hydrogen-bond acceptors (Lipinski definition) is 3. The summed E-state index contributed by atoms with van der Waals surface area (Å²) in [6.45, 7) is 10.1. The summed E-state index contributed by atoms with van der Waals surface area (Å²) < 4.78 is 11.6. The number of hydrogen-bond donors (Lipinski definition) is 3. The summed E-state index contributed by atoms with van der Waals surface area (Å²) in [4.78, 5) is 11.7. The monoisotopic (exact) mass is 340 g/mol. The summed E-state index contributed by atoms with van der Waals surface area (Å²) in [6.07, 6.45) is -0.747. The van der Waals surface area contributed by atoms with Crippen LogP contribution in [0.3, 0.4) is 0 Å². The predicted molar refractivity (Wildman–Crippen MR) is 95.0 cm³/mol. The van der Waals surface area contributed by atoms with Crippen LogP contribution in [0, 0.1) is 13.8 Å². The van der Waals surface area contributed by atoms with Crippen LogP contribution in [0.5, 0.6) is 0 Å². The van der Waals surface area contributed by atoms with E-state index >= 15 is 0 Å². The Kier molecular flexibility index (Phi) is 7.22. The Morgan fingerprint density at radius 2 is 1.74 bits per heavy atom. The van der Waals surface area contributed by atoms with Gasteiger partial charge in [0.15, 0.2) is 0 Å². The highest BCUT2D eigenvalue weighted by molar-refractivity contribution is 7.86. The largest absolute Gasteiger partial charge is 0.387 e. The van der Waals surface area contributed by atoms with E-state index in [-0.39, 0.29) is 17.3 Å². The van der Waals surface area contributed by atoms with Crippen molar-refractivity contribution in [3.05, 3.63) is 34.9 Å². The van der Waals surface area contributed by atoms with Crippen LogP contribution in [0.25, 0.3) is 0 Å². The highest BCUT2D eigenvalue weighted by Gasteiger charge is 2.19. The normalized spacial score (nSPS) is 14.2. The number of aryl methyl sites for hydroxylation is 2. The van der Waals surface area contributed by atoms with E-state index < -0.39 is 16.9 Å². The van der Waals surface area contributed by atoms with Crippen molar-refractivity contribution in [2.24, 2.45) is 0 Å². The Morgan fingerprint density at radius 1 is 1.17 bits per heavy atom. The quantitative estimate of drug-likeness (QED) is 0.743. The lowest BCUT2D eigenvalue weighted by Gasteiger charge is -2.18. The van der Waals surface area contributed by atoms with E-state index in [1.807, 2.05) is 52.8 Å². The van der Waals surface area contributed by atoms with Gasteiger partial charge in [0, 0.05) is 34.4 Å². The lowest BCUT2D eigenvalue weighted by Crippen LogP contribution is -2.40. The highest BCUT2D eigenvalue weighted by Crippen LogP contribution is 2.16. The zero-order valence-electron chi connectivity index (χ0n) is 14.6. The molecular formula is C17H28N2O3S. The molecule has 1 rings (SSSR count). The molecule has 0 spiro atoms. The second-order valence-corrected chi connectivity index (χ2v) is 9.06. The minimum absolute atomic E-state index is 0.136. The minimum atomic E-state index is -0.993. The van der Waals surface area contributed by atoms with E-state index in [0.29, 0.717) is 12.3 Å². The molecule has 5 nitrogen and oxygen atoms in total. The zero-order valence-corrected chi connectivity index (χ0v) is 15.4. The van der Waals surface area contributed by atoms with Crippen LogP contribution in [0.4, 0.5) is 4.79 Å². The van der Waals surface area contributed by atoms with Crippen molar-refractivity contribution >= 4 is 16.8 Å². The fraction of sp³-hybridized carbons (Fsp3) is 0.588. The topological polar surface area (TPSA) is 78.4 Å². The third kappa shape index (κ3) is 7.14. The molecule has 2 amide bonds. The molecule has 3 N–H and O–H groups in total. The Labute approximate surface area is 141 Å².